The maximum atomic E-state index is 12.5. The number of pyridine rings is 1. The molecule has 1 amide bonds. The maximum Gasteiger partial charge on any atom is 0.345 e. The number of aromatic nitrogens is 1. The number of esters is 1. The number of benzene rings is 2. The third-order valence-corrected chi connectivity index (χ3v) is 5.22. The fraction of sp³-hybridized carbons (Fsp3) is 0.190. The summed E-state index contributed by atoms with van der Waals surface area (Å²) in [6.07, 6.45) is 0.586. The molecule has 0 fully saturated rings. The minimum atomic E-state index is -1.04. The Bertz CT molecular complexity index is 1040. The minimum absolute atomic E-state index is 0.335. The molecule has 0 saturated heterocycles. The molecule has 3 rings (SSSR count). The number of hydrogen-bond acceptors (Lipinski definition) is 5. The molecule has 6 nitrogen and oxygen atoms in total. The Balaban J connectivity index is 1.78. The van der Waals surface area contributed by atoms with Crippen molar-refractivity contribution < 1.29 is 19.1 Å². The molecule has 0 bridgehead atoms. The standard InChI is InChI=1S/C21H18ClIN2O4/c1-25(2)21(27)19(13-7-4-3-5-8-13)29-17(26)12-28-20-16(23)11-15(22)14-9-6-10-24-18(14)20/h3-11,19H,12H2,1-2H3/t19-/m0/s1. The van der Waals surface area contributed by atoms with Crippen LogP contribution in [0.3, 0.4) is 0 Å². The molecule has 8 heteroatoms. The van der Waals surface area contributed by atoms with Crippen molar-refractivity contribution in [3.05, 3.63) is 68.9 Å². The molecule has 0 radical (unpaired) electrons. The topological polar surface area (TPSA) is 68.7 Å². The molecule has 0 aliphatic heterocycles. The van der Waals surface area contributed by atoms with Crippen molar-refractivity contribution in [2.75, 3.05) is 20.7 Å². The predicted molar refractivity (Wildman–Crippen MR) is 119 cm³/mol. The van der Waals surface area contributed by atoms with Crippen LogP contribution in [-0.2, 0) is 14.3 Å². The zero-order valence-electron chi connectivity index (χ0n) is 15.8. The Morgan fingerprint density at radius 3 is 2.59 bits per heavy atom. The normalized spacial score (nSPS) is 11.7. The number of carbonyl (C=O) groups is 2. The van der Waals surface area contributed by atoms with Gasteiger partial charge in [0.25, 0.3) is 5.91 Å². The smallest absolute Gasteiger partial charge is 0.345 e. The molecule has 0 saturated carbocycles. The van der Waals surface area contributed by atoms with Crippen LogP contribution in [0.25, 0.3) is 10.9 Å². The van der Waals surface area contributed by atoms with Gasteiger partial charge in [0.15, 0.2) is 12.4 Å². The Morgan fingerprint density at radius 2 is 1.90 bits per heavy atom. The summed E-state index contributed by atoms with van der Waals surface area (Å²) in [5, 5.41) is 1.27. The van der Waals surface area contributed by atoms with Gasteiger partial charge in [-0.3, -0.25) is 9.78 Å². The second-order valence-electron chi connectivity index (χ2n) is 6.37. The van der Waals surface area contributed by atoms with Crippen LogP contribution in [0.2, 0.25) is 5.02 Å². The lowest BCUT2D eigenvalue weighted by Crippen LogP contribution is -2.32. The fourth-order valence-electron chi connectivity index (χ4n) is 2.70. The van der Waals surface area contributed by atoms with E-state index in [0.29, 0.717) is 21.9 Å². The van der Waals surface area contributed by atoms with E-state index < -0.39 is 12.1 Å². The Labute approximate surface area is 186 Å². The average Bonchev–Trinajstić information content (AvgIpc) is 2.72. The number of nitrogens with zero attached hydrogens (tertiary/aromatic N) is 2. The molecule has 0 spiro atoms. The van der Waals surface area contributed by atoms with Crippen molar-refractivity contribution in [2.24, 2.45) is 0 Å². The van der Waals surface area contributed by atoms with Gasteiger partial charge in [0.2, 0.25) is 6.10 Å². The average molecular weight is 525 g/mol. The van der Waals surface area contributed by atoms with Gasteiger partial charge in [-0.05, 0) is 40.8 Å². The summed E-state index contributed by atoms with van der Waals surface area (Å²) in [6, 6.07) is 14.2. The molecule has 1 heterocycles. The Hall–Kier alpha value is -2.39. The molecule has 0 aliphatic rings. The number of carbonyl (C=O) groups excluding carboxylic acids is 2. The molecule has 3 aromatic rings. The Morgan fingerprint density at radius 1 is 1.17 bits per heavy atom. The van der Waals surface area contributed by atoms with Crippen molar-refractivity contribution in [1.29, 1.82) is 0 Å². The molecule has 0 aliphatic carbocycles. The summed E-state index contributed by atoms with van der Waals surface area (Å²) in [4.78, 5) is 30.7. The minimum Gasteiger partial charge on any atom is -0.478 e. The molecule has 1 atom stereocenters. The highest BCUT2D eigenvalue weighted by atomic mass is 127. The van der Waals surface area contributed by atoms with E-state index in [9.17, 15) is 9.59 Å². The lowest BCUT2D eigenvalue weighted by atomic mass is 10.1. The van der Waals surface area contributed by atoms with Crippen LogP contribution in [0, 0.1) is 3.57 Å². The highest BCUT2D eigenvalue weighted by molar-refractivity contribution is 14.1. The van der Waals surface area contributed by atoms with E-state index in [1.165, 1.54) is 4.90 Å². The zero-order valence-corrected chi connectivity index (χ0v) is 18.7. The fourth-order valence-corrected chi connectivity index (χ4v) is 3.87. The van der Waals surface area contributed by atoms with Gasteiger partial charge in [-0.25, -0.2) is 4.79 Å². The number of likely N-dealkylation sites (N-methyl/N-ethyl adjacent to an activating group) is 1. The van der Waals surface area contributed by atoms with Gasteiger partial charge in [-0.1, -0.05) is 41.9 Å². The lowest BCUT2D eigenvalue weighted by molar-refractivity contribution is -0.161. The number of ether oxygens (including phenoxy) is 2. The monoisotopic (exact) mass is 524 g/mol. The van der Waals surface area contributed by atoms with E-state index in [4.69, 9.17) is 21.1 Å². The quantitative estimate of drug-likeness (QED) is 0.356. The van der Waals surface area contributed by atoms with Gasteiger partial charge in [-0.15, -0.1) is 0 Å². The van der Waals surface area contributed by atoms with Crippen LogP contribution < -0.4 is 4.74 Å². The van der Waals surface area contributed by atoms with Crippen molar-refractivity contribution in [2.45, 2.75) is 6.10 Å². The van der Waals surface area contributed by atoms with Crippen molar-refractivity contribution >= 4 is 57.0 Å². The van der Waals surface area contributed by atoms with Crippen LogP contribution >= 0.6 is 34.2 Å². The summed E-state index contributed by atoms with van der Waals surface area (Å²) in [5.41, 5.74) is 1.15. The first-order valence-electron chi connectivity index (χ1n) is 8.69. The summed E-state index contributed by atoms with van der Waals surface area (Å²) < 4.78 is 11.9. The van der Waals surface area contributed by atoms with E-state index >= 15 is 0 Å². The van der Waals surface area contributed by atoms with Crippen LogP contribution in [0.5, 0.6) is 5.75 Å². The van der Waals surface area contributed by atoms with E-state index in [-0.39, 0.29) is 12.5 Å². The molecule has 1 aromatic heterocycles. The SMILES string of the molecule is CN(C)C(=O)[C@@H](OC(=O)COc1c(I)cc(Cl)c2cccnc12)c1ccccc1. The molecule has 0 N–H and O–H groups in total. The third kappa shape index (κ3) is 4.97. The van der Waals surface area contributed by atoms with Gasteiger partial charge in [0.1, 0.15) is 5.52 Å². The number of halogens is 2. The number of rotatable bonds is 6. The van der Waals surface area contributed by atoms with E-state index in [0.717, 1.165) is 8.96 Å². The predicted octanol–water partition coefficient (Wildman–Crippen LogP) is 4.24. The second-order valence-corrected chi connectivity index (χ2v) is 7.94. The van der Waals surface area contributed by atoms with Crippen molar-refractivity contribution in [3.8, 4) is 5.75 Å². The van der Waals surface area contributed by atoms with Crippen LogP contribution in [0.15, 0.2) is 54.7 Å². The first-order valence-corrected chi connectivity index (χ1v) is 10.1. The van der Waals surface area contributed by atoms with Crippen LogP contribution in [0.1, 0.15) is 11.7 Å². The molecule has 29 heavy (non-hydrogen) atoms. The summed E-state index contributed by atoms with van der Waals surface area (Å²) in [5.74, 6) is -0.556. The highest BCUT2D eigenvalue weighted by Gasteiger charge is 2.27. The largest absolute Gasteiger partial charge is 0.478 e. The van der Waals surface area contributed by atoms with Crippen LogP contribution in [-0.4, -0.2) is 42.5 Å². The highest BCUT2D eigenvalue weighted by Crippen LogP contribution is 2.34. The van der Waals surface area contributed by atoms with Gasteiger partial charge >= 0.3 is 5.97 Å². The molecular formula is C21H18ClIN2O4. The summed E-state index contributed by atoms with van der Waals surface area (Å²) >= 11 is 8.34. The van der Waals surface area contributed by atoms with E-state index in [2.05, 4.69) is 27.6 Å². The third-order valence-electron chi connectivity index (χ3n) is 4.10. The second kappa shape index (κ2) is 9.41. The van der Waals surface area contributed by atoms with Gasteiger partial charge < -0.3 is 14.4 Å². The van der Waals surface area contributed by atoms with E-state index in [1.54, 1.807) is 56.7 Å². The molecule has 2 aromatic carbocycles. The first kappa shape index (κ1) is 21.3. The lowest BCUT2D eigenvalue weighted by Gasteiger charge is -2.21. The van der Waals surface area contributed by atoms with Crippen molar-refractivity contribution in [3.63, 3.8) is 0 Å². The summed E-state index contributed by atoms with van der Waals surface area (Å²) in [7, 11) is 3.22. The zero-order chi connectivity index (χ0) is 21.0. The number of hydrogen-bond donors (Lipinski definition) is 0. The van der Waals surface area contributed by atoms with Crippen molar-refractivity contribution in [1.82, 2.24) is 9.88 Å². The first-order chi connectivity index (χ1) is 13.9. The van der Waals surface area contributed by atoms with E-state index in [1.807, 2.05) is 12.1 Å². The van der Waals surface area contributed by atoms with Gasteiger partial charge in [0.05, 0.1) is 8.59 Å². The van der Waals surface area contributed by atoms with Gasteiger partial charge in [0, 0.05) is 31.2 Å². The maximum absolute atomic E-state index is 12.5. The molecular weight excluding hydrogens is 507 g/mol. The van der Waals surface area contributed by atoms with Gasteiger partial charge in [-0.2, -0.15) is 0 Å². The number of fused-ring (bicyclic) bond motifs is 1. The van der Waals surface area contributed by atoms with Crippen LogP contribution in [0.4, 0.5) is 0 Å². The summed E-state index contributed by atoms with van der Waals surface area (Å²) in [6.45, 7) is -0.368. The number of amides is 1. The molecule has 150 valence electrons. The Kier molecular flexibility index (Phi) is 6.92. The molecule has 0 unspecified atom stereocenters.